The van der Waals surface area contributed by atoms with E-state index in [1.807, 2.05) is 0 Å². The van der Waals surface area contributed by atoms with Crippen LogP contribution in [-0.4, -0.2) is 6.54 Å². The van der Waals surface area contributed by atoms with Crippen LogP contribution < -0.4 is 5.32 Å². The van der Waals surface area contributed by atoms with Gasteiger partial charge in [0.05, 0.1) is 0 Å². The van der Waals surface area contributed by atoms with Gasteiger partial charge in [-0.05, 0) is 74.1 Å². The first-order chi connectivity index (χ1) is 9.52. The van der Waals surface area contributed by atoms with Crippen LogP contribution in [0.5, 0.6) is 0 Å². The fraction of sp³-hybridized carbons (Fsp3) is 0.684. The quantitative estimate of drug-likeness (QED) is 0.811. The van der Waals surface area contributed by atoms with Gasteiger partial charge in [-0.1, -0.05) is 39.0 Å². The zero-order valence-corrected chi connectivity index (χ0v) is 13.9. The number of rotatable bonds is 4. The number of hydrogen-bond donors (Lipinski definition) is 1. The smallest absolute Gasteiger partial charge is 0.0351 e. The molecule has 0 saturated heterocycles. The zero-order chi connectivity index (χ0) is 14.7. The predicted molar refractivity (Wildman–Crippen MR) is 88.0 cm³/mol. The van der Waals surface area contributed by atoms with Crippen molar-refractivity contribution in [3.8, 4) is 0 Å². The standard InChI is InChI=1S/C19H31N/c1-6-20-19(17-11-13(2)10-14(3)12-17)18-9-7-8-15(4)16(18)5/h7-9,13-14,17,19-20H,6,10-12H2,1-5H3. The van der Waals surface area contributed by atoms with Crippen LogP contribution in [0.3, 0.4) is 0 Å². The summed E-state index contributed by atoms with van der Waals surface area (Å²) in [5.74, 6) is 2.53. The molecule has 1 nitrogen and oxygen atoms in total. The third-order valence-electron chi connectivity index (χ3n) is 5.09. The molecule has 0 amide bonds. The summed E-state index contributed by atoms with van der Waals surface area (Å²) in [6.07, 6.45) is 4.15. The first-order valence-electron chi connectivity index (χ1n) is 8.32. The van der Waals surface area contributed by atoms with E-state index in [9.17, 15) is 0 Å². The summed E-state index contributed by atoms with van der Waals surface area (Å²) in [5.41, 5.74) is 4.42. The molecule has 1 aliphatic rings. The summed E-state index contributed by atoms with van der Waals surface area (Å²) in [5, 5.41) is 3.78. The van der Waals surface area contributed by atoms with Crippen LogP contribution in [0.2, 0.25) is 0 Å². The Bertz CT molecular complexity index is 427. The monoisotopic (exact) mass is 273 g/mol. The van der Waals surface area contributed by atoms with Gasteiger partial charge in [0.2, 0.25) is 0 Å². The SMILES string of the molecule is CCNC(c1cccc(C)c1C)C1CC(C)CC(C)C1. The minimum absolute atomic E-state index is 0.533. The summed E-state index contributed by atoms with van der Waals surface area (Å²) in [4.78, 5) is 0. The summed E-state index contributed by atoms with van der Waals surface area (Å²) >= 11 is 0. The molecule has 20 heavy (non-hydrogen) atoms. The van der Waals surface area contributed by atoms with Gasteiger partial charge < -0.3 is 5.32 Å². The highest BCUT2D eigenvalue weighted by atomic mass is 14.9. The molecule has 2 rings (SSSR count). The molecule has 3 atom stereocenters. The Kier molecular flexibility index (Phi) is 5.26. The molecule has 1 aromatic rings. The Labute approximate surface area is 125 Å². The van der Waals surface area contributed by atoms with Crippen LogP contribution in [-0.2, 0) is 0 Å². The van der Waals surface area contributed by atoms with Crippen molar-refractivity contribution >= 4 is 0 Å². The second kappa shape index (κ2) is 6.76. The van der Waals surface area contributed by atoms with Gasteiger partial charge >= 0.3 is 0 Å². The third-order valence-corrected chi connectivity index (χ3v) is 5.09. The Morgan fingerprint density at radius 3 is 2.35 bits per heavy atom. The summed E-state index contributed by atoms with van der Waals surface area (Å²) in [6.45, 7) is 12.6. The van der Waals surface area contributed by atoms with Gasteiger partial charge in [0.15, 0.2) is 0 Å². The van der Waals surface area contributed by atoms with E-state index in [1.54, 1.807) is 0 Å². The fourth-order valence-corrected chi connectivity index (χ4v) is 4.14. The average molecular weight is 273 g/mol. The van der Waals surface area contributed by atoms with Gasteiger partial charge in [-0.3, -0.25) is 0 Å². The van der Waals surface area contributed by atoms with Crippen molar-refractivity contribution in [3.63, 3.8) is 0 Å². The topological polar surface area (TPSA) is 12.0 Å². The number of nitrogens with one attached hydrogen (secondary N) is 1. The van der Waals surface area contributed by atoms with Crippen LogP contribution in [0.1, 0.15) is 62.8 Å². The molecule has 1 aromatic carbocycles. The van der Waals surface area contributed by atoms with E-state index in [0.29, 0.717) is 6.04 Å². The maximum atomic E-state index is 3.78. The molecular formula is C19H31N. The minimum atomic E-state index is 0.533. The second-order valence-electron chi connectivity index (χ2n) is 7.00. The summed E-state index contributed by atoms with van der Waals surface area (Å²) in [6, 6.07) is 7.32. The van der Waals surface area contributed by atoms with E-state index in [4.69, 9.17) is 0 Å². The van der Waals surface area contributed by atoms with E-state index in [-0.39, 0.29) is 0 Å². The Hall–Kier alpha value is -0.820. The summed E-state index contributed by atoms with van der Waals surface area (Å²) in [7, 11) is 0. The van der Waals surface area contributed by atoms with E-state index in [1.165, 1.54) is 36.0 Å². The normalized spacial score (nSPS) is 28.4. The molecule has 0 spiro atoms. The lowest BCUT2D eigenvalue weighted by Crippen LogP contribution is -2.33. The largest absolute Gasteiger partial charge is 0.310 e. The molecule has 0 radical (unpaired) electrons. The third kappa shape index (κ3) is 3.44. The van der Waals surface area contributed by atoms with Crippen molar-refractivity contribution < 1.29 is 0 Å². The Morgan fingerprint density at radius 2 is 1.75 bits per heavy atom. The van der Waals surface area contributed by atoms with E-state index in [0.717, 1.165) is 24.3 Å². The van der Waals surface area contributed by atoms with E-state index in [2.05, 4.69) is 58.1 Å². The van der Waals surface area contributed by atoms with E-state index < -0.39 is 0 Å². The number of hydrogen-bond acceptors (Lipinski definition) is 1. The molecule has 112 valence electrons. The highest BCUT2D eigenvalue weighted by molar-refractivity contribution is 5.35. The maximum absolute atomic E-state index is 3.78. The van der Waals surface area contributed by atoms with Crippen LogP contribution in [0.25, 0.3) is 0 Å². The molecular weight excluding hydrogens is 242 g/mol. The lowest BCUT2D eigenvalue weighted by molar-refractivity contribution is 0.177. The molecule has 0 aromatic heterocycles. The molecule has 1 heteroatoms. The molecule has 0 bridgehead atoms. The number of benzene rings is 1. The van der Waals surface area contributed by atoms with Gasteiger partial charge in [0.25, 0.3) is 0 Å². The first kappa shape index (κ1) is 15.6. The van der Waals surface area contributed by atoms with Gasteiger partial charge in [0, 0.05) is 6.04 Å². The maximum Gasteiger partial charge on any atom is 0.0351 e. The lowest BCUT2D eigenvalue weighted by Gasteiger charge is -2.38. The molecule has 0 aliphatic heterocycles. The van der Waals surface area contributed by atoms with Crippen molar-refractivity contribution in [2.45, 2.75) is 59.9 Å². The van der Waals surface area contributed by atoms with Crippen molar-refractivity contribution in [1.29, 1.82) is 0 Å². The second-order valence-corrected chi connectivity index (χ2v) is 7.00. The molecule has 1 saturated carbocycles. The van der Waals surface area contributed by atoms with Crippen molar-refractivity contribution in [2.75, 3.05) is 6.54 Å². The molecule has 1 N–H and O–H groups in total. The van der Waals surface area contributed by atoms with Crippen molar-refractivity contribution in [1.82, 2.24) is 5.32 Å². The minimum Gasteiger partial charge on any atom is -0.310 e. The van der Waals surface area contributed by atoms with Crippen LogP contribution in [0, 0.1) is 31.6 Å². The van der Waals surface area contributed by atoms with E-state index >= 15 is 0 Å². The van der Waals surface area contributed by atoms with Gasteiger partial charge in [0.1, 0.15) is 0 Å². The van der Waals surface area contributed by atoms with Crippen molar-refractivity contribution in [2.24, 2.45) is 17.8 Å². The molecule has 3 unspecified atom stereocenters. The van der Waals surface area contributed by atoms with Crippen LogP contribution in [0.4, 0.5) is 0 Å². The highest BCUT2D eigenvalue weighted by Gasteiger charge is 2.31. The zero-order valence-electron chi connectivity index (χ0n) is 13.9. The Morgan fingerprint density at radius 1 is 1.10 bits per heavy atom. The Balaban J connectivity index is 2.28. The summed E-state index contributed by atoms with van der Waals surface area (Å²) < 4.78 is 0. The molecule has 0 heterocycles. The van der Waals surface area contributed by atoms with Gasteiger partial charge in [-0.15, -0.1) is 0 Å². The van der Waals surface area contributed by atoms with Gasteiger partial charge in [-0.2, -0.15) is 0 Å². The lowest BCUT2D eigenvalue weighted by atomic mass is 9.72. The predicted octanol–water partition coefficient (Wildman–Crippen LogP) is 5.03. The van der Waals surface area contributed by atoms with Crippen LogP contribution >= 0.6 is 0 Å². The van der Waals surface area contributed by atoms with Crippen molar-refractivity contribution in [3.05, 3.63) is 34.9 Å². The van der Waals surface area contributed by atoms with Crippen LogP contribution in [0.15, 0.2) is 18.2 Å². The average Bonchev–Trinajstić information content (AvgIpc) is 2.38. The van der Waals surface area contributed by atoms with Gasteiger partial charge in [-0.25, -0.2) is 0 Å². The fourth-order valence-electron chi connectivity index (χ4n) is 4.14. The highest BCUT2D eigenvalue weighted by Crippen LogP contribution is 2.40. The first-order valence-corrected chi connectivity index (χ1v) is 8.32. The number of aryl methyl sites for hydroxylation is 1. The molecule has 1 aliphatic carbocycles. The molecule has 1 fully saturated rings.